The quantitative estimate of drug-likeness (QED) is 0.757. The Hall–Kier alpha value is -0.120. The van der Waals surface area contributed by atoms with Gasteiger partial charge in [0.05, 0.1) is 6.61 Å². The van der Waals surface area contributed by atoms with E-state index in [-0.39, 0.29) is 0 Å². The molecule has 18 heavy (non-hydrogen) atoms. The molecule has 3 atom stereocenters. The first-order valence-electron chi connectivity index (χ1n) is 7.48. The second kappa shape index (κ2) is 8.13. The van der Waals surface area contributed by atoms with Crippen LogP contribution in [0.5, 0.6) is 0 Å². The van der Waals surface area contributed by atoms with Crippen LogP contribution in [0.4, 0.5) is 0 Å². The lowest BCUT2D eigenvalue weighted by Gasteiger charge is -2.42. The fraction of sp³-hybridized carbons (Fsp3) is 1.00. The zero-order valence-corrected chi connectivity index (χ0v) is 12.9. The average Bonchev–Trinajstić information content (AvgIpc) is 2.34. The molecule has 0 aromatic carbocycles. The molecule has 0 heterocycles. The molecule has 0 aromatic rings. The van der Waals surface area contributed by atoms with Gasteiger partial charge in [-0.25, -0.2) is 0 Å². The number of hydrogen-bond donors (Lipinski definition) is 1. The molecule has 1 rings (SSSR count). The summed E-state index contributed by atoms with van der Waals surface area (Å²) in [5.41, 5.74) is 0. The molecule has 0 bridgehead atoms. The van der Waals surface area contributed by atoms with Crippen molar-refractivity contribution >= 4 is 0 Å². The van der Waals surface area contributed by atoms with E-state index in [1.807, 2.05) is 0 Å². The maximum Gasteiger partial charge on any atom is 0.0589 e. The summed E-state index contributed by atoms with van der Waals surface area (Å²) in [5, 5.41) is 3.52. The highest BCUT2D eigenvalue weighted by Crippen LogP contribution is 2.28. The standard InChI is InChI=1S/C15H32N2O/c1-12(2)11-17(8-9-18-5)15-10-13(3)6-7-14(15)16-4/h12-16H,6-11H2,1-5H3. The van der Waals surface area contributed by atoms with Crippen LogP contribution in [0.1, 0.15) is 40.0 Å². The molecule has 108 valence electrons. The van der Waals surface area contributed by atoms with Crippen LogP contribution in [0.3, 0.4) is 0 Å². The average molecular weight is 256 g/mol. The zero-order chi connectivity index (χ0) is 13.5. The maximum absolute atomic E-state index is 5.28. The largest absolute Gasteiger partial charge is 0.383 e. The van der Waals surface area contributed by atoms with Crippen LogP contribution in [-0.4, -0.2) is 50.8 Å². The normalized spacial score (nSPS) is 29.2. The lowest BCUT2D eigenvalue weighted by atomic mass is 9.82. The lowest BCUT2D eigenvalue weighted by Crippen LogP contribution is -2.53. The van der Waals surface area contributed by atoms with Crippen molar-refractivity contribution in [3.05, 3.63) is 0 Å². The Morgan fingerprint density at radius 3 is 2.61 bits per heavy atom. The molecule has 1 saturated carbocycles. The van der Waals surface area contributed by atoms with Crippen LogP contribution in [-0.2, 0) is 4.74 Å². The first-order valence-corrected chi connectivity index (χ1v) is 7.48. The maximum atomic E-state index is 5.28. The van der Waals surface area contributed by atoms with E-state index in [0.29, 0.717) is 12.1 Å². The van der Waals surface area contributed by atoms with Crippen molar-refractivity contribution in [1.29, 1.82) is 0 Å². The summed E-state index contributed by atoms with van der Waals surface area (Å²) in [6.07, 6.45) is 3.99. The Labute approximate surface area is 113 Å². The van der Waals surface area contributed by atoms with Gasteiger partial charge in [0, 0.05) is 32.3 Å². The molecule has 0 radical (unpaired) electrons. The van der Waals surface area contributed by atoms with Crippen LogP contribution >= 0.6 is 0 Å². The van der Waals surface area contributed by atoms with Gasteiger partial charge in [-0.05, 0) is 38.1 Å². The summed E-state index contributed by atoms with van der Waals surface area (Å²) in [5.74, 6) is 1.58. The molecule has 1 fully saturated rings. The van der Waals surface area contributed by atoms with Gasteiger partial charge < -0.3 is 10.1 Å². The van der Waals surface area contributed by atoms with Crippen molar-refractivity contribution in [2.75, 3.05) is 33.9 Å². The Balaban J connectivity index is 2.65. The summed E-state index contributed by atoms with van der Waals surface area (Å²) < 4.78 is 5.28. The van der Waals surface area contributed by atoms with Crippen molar-refractivity contribution < 1.29 is 4.74 Å². The number of methoxy groups -OCH3 is 1. The number of nitrogens with zero attached hydrogens (tertiary/aromatic N) is 1. The molecule has 0 saturated heterocycles. The summed E-state index contributed by atoms with van der Waals surface area (Å²) in [6.45, 7) is 10.1. The predicted octanol–water partition coefficient (Wildman–Crippen LogP) is 2.37. The van der Waals surface area contributed by atoms with Gasteiger partial charge >= 0.3 is 0 Å². The Kier molecular flexibility index (Phi) is 7.20. The lowest BCUT2D eigenvalue weighted by molar-refractivity contribution is 0.0642. The fourth-order valence-electron chi connectivity index (χ4n) is 3.16. The number of hydrogen-bond acceptors (Lipinski definition) is 3. The number of ether oxygens (including phenoxy) is 1. The van der Waals surface area contributed by atoms with Gasteiger partial charge in [-0.2, -0.15) is 0 Å². The highest BCUT2D eigenvalue weighted by atomic mass is 16.5. The van der Waals surface area contributed by atoms with E-state index in [1.54, 1.807) is 7.11 Å². The Morgan fingerprint density at radius 1 is 1.33 bits per heavy atom. The summed E-state index contributed by atoms with van der Waals surface area (Å²) >= 11 is 0. The van der Waals surface area contributed by atoms with Gasteiger partial charge in [-0.1, -0.05) is 20.8 Å². The minimum atomic E-state index is 0.650. The van der Waals surface area contributed by atoms with E-state index in [1.165, 1.54) is 25.8 Å². The van der Waals surface area contributed by atoms with E-state index in [9.17, 15) is 0 Å². The van der Waals surface area contributed by atoms with Gasteiger partial charge in [0.1, 0.15) is 0 Å². The third-order valence-electron chi connectivity index (χ3n) is 4.10. The van der Waals surface area contributed by atoms with E-state index in [2.05, 4.69) is 38.0 Å². The molecule has 1 aliphatic carbocycles. The second-order valence-corrected chi connectivity index (χ2v) is 6.26. The second-order valence-electron chi connectivity index (χ2n) is 6.26. The topological polar surface area (TPSA) is 24.5 Å². The van der Waals surface area contributed by atoms with E-state index in [0.717, 1.165) is 25.0 Å². The van der Waals surface area contributed by atoms with Crippen molar-refractivity contribution in [2.45, 2.75) is 52.1 Å². The minimum Gasteiger partial charge on any atom is -0.383 e. The molecule has 1 aliphatic rings. The van der Waals surface area contributed by atoms with Crippen molar-refractivity contribution in [2.24, 2.45) is 11.8 Å². The third-order valence-corrected chi connectivity index (χ3v) is 4.10. The number of nitrogens with one attached hydrogen (secondary N) is 1. The van der Waals surface area contributed by atoms with Crippen molar-refractivity contribution in [3.63, 3.8) is 0 Å². The molecular weight excluding hydrogens is 224 g/mol. The molecule has 0 aromatic heterocycles. The minimum absolute atomic E-state index is 0.650. The molecule has 3 nitrogen and oxygen atoms in total. The molecule has 3 heteroatoms. The van der Waals surface area contributed by atoms with Crippen LogP contribution in [0.2, 0.25) is 0 Å². The van der Waals surface area contributed by atoms with Gasteiger partial charge in [0.25, 0.3) is 0 Å². The summed E-state index contributed by atoms with van der Waals surface area (Å²) in [6, 6.07) is 1.33. The van der Waals surface area contributed by atoms with Crippen LogP contribution in [0.15, 0.2) is 0 Å². The molecule has 0 spiro atoms. The third kappa shape index (κ3) is 4.87. The van der Waals surface area contributed by atoms with Gasteiger partial charge in [-0.3, -0.25) is 4.90 Å². The molecule has 3 unspecified atom stereocenters. The van der Waals surface area contributed by atoms with Crippen LogP contribution in [0.25, 0.3) is 0 Å². The predicted molar refractivity (Wildman–Crippen MR) is 77.9 cm³/mol. The first kappa shape index (κ1) is 15.9. The van der Waals surface area contributed by atoms with Crippen molar-refractivity contribution in [1.82, 2.24) is 10.2 Å². The van der Waals surface area contributed by atoms with E-state index in [4.69, 9.17) is 4.74 Å². The highest BCUT2D eigenvalue weighted by molar-refractivity contribution is 4.90. The number of likely N-dealkylation sites (N-methyl/N-ethyl adjacent to an activating group) is 1. The van der Waals surface area contributed by atoms with E-state index >= 15 is 0 Å². The summed E-state index contributed by atoms with van der Waals surface area (Å²) in [4.78, 5) is 2.64. The van der Waals surface area contributed by atoms with E-state index < -0.39 is 0 Å². The van der Waals surface area contributed by atoms with Gasteiger partial charge in [0.15, 0.2) is 0 Å². The molecule has 1 N–H and O–H groups in total. The number of rotatable bonds is 7. The van der Waals surface area contributed by atoms with Gasteiger partial charge in [0.2, 0.25) is 0 Å². The SMILES string of the molecule is CNC1CCC(C)CC1N(CCOC)CC(C)C. The summed E-state index contributed by atoms with van der Waals surface area (Å²) in [7, 11) is 3.91. The molecule has 0 amide bonds. The zero-order valence-electron chi connectivity index (χ0n) is 12.9. The molecule has 0 aliphatic heterocycles. The van der Waals surface area contributed by atoms with Crippen LogP contribution < -0.4 is 5.32 Å². The monoisotopic (exact) mass is 256 g/mol. The van der Waals surface area contributed by atoms with Crippen LogP contribution in [0, 0.1) is 11.8 Å². The van der Waals surface area contributed by atoms with Crippen molar-refractivity contribution in [3.8, 4) is 0 Å². The first-order chi connectivity index (χ1) is 8.58. The Bertz CT molecular complexity index is 221. The molecular formula is C15H32N2O. The van der Waals surface area contributed by atoms with Gasteiger partial charge in [-0.15, -0.1) is 0 Å². The highest BCUT2D eigenvalue weighted by Gasteiger charge is 2.32. The Morgan fingerprint density at radius 2 is 2.06 bits per heavy atom. The smallest absolute Gasteiger partial charge is 0.0589 e. The fourth-order valence-corrected chi connectivity index (χ4v) is 3.16.